The van der Waals surface area contributed by atoms with Crippen molar-refractivity contribution in [3.63, 3.8) is 0 Å². The average Bonchev–Trinajstić information content (AvgIpc) is 3.18. The molecule has 1 aromatic carbocycles. The lowest BCUT2D eigenvalue weighted by Gasteiger charge is -2.27. The predicted octanol–water partition coefficient (Wildman–Crippen LogP) is 3.98. The number of hydrogen-bond donors (Lipinski definition) is 0. The van der Waals surface area contributed by atoms with Gasteiger partial charge in [0.25, 0.3) is 0 Å². The van der Waals surface area contributed by atoms with Gasteiger partial charge in [-0.15, -0.1) is 0 Å². The first-order chi connectivity index (χ1) is 12.0. The predicted molar refractivity (Wildman–Crippen MR) is 103 cm³/mol. The van der Waals surface area contributed by atoms with Crippen molar-refractivity contribution in [2.24, 2.45) is 11.8 Å². The molecule has 0 radical (unpaired) electrons. The van der Waals surface area contributed by atoms with Gasteiger partial charge in [-0.25, -0.2) is 0 Å². The third kappa shape index (κ3) is 4.63. The molecule has 2 aliphatic carbocycles. The second kappa shape index (κ2) is 8.35. The van der Waals surface area contributed by atoms with Gasteiger partial charge in [-0.3, -0.25) is 4.79 Å². The first kappa shape index (κ1) is 18.4. The molecule has 2 unspecified atom stereocenters. The fourth-order valence-electron chi connectivity index (χ4n) is 4.92. The quantitative estimate of drug-likeness (QED) is 0.700. The van der Waals surface area contributed by atoms with E-state index in [1.807, 2.05) is 7.05 Å². The molecular weight excluding hydrogens is 308 g/mol. The summed E-state index contributed by atoms with van der Waals surface area (Å²) in [4.78, 5) is 17.0. The van der Waals surface area contributed by atoms with E-state index in [0.717, 1.165) is 37.1 Å². The fraction of sp³-hybridized carbons (Fsp3) is 0.682. The highest BCUT2D eigenvalue weighted by Gasteiger charge is 2.43. The minimum atomic E-state index is 0.349. The van der Waals surface area contributed by atoms with Crippen LogP contribution in [-0.4, -0.2) is 48.9 Å². The van der Waals surface area contributed by atoms with Crippen molar-refractivity contribution in [1.29, 1.82) is 0 Å². The van der Waals surface area contributed by atoms with Crippen LogP contribution >= 0.6 is 0 Å². The van der Waals surface area contributed by atoms with Crippen LogP contribution in [0.5, 0.6) is 0 Å². The van der Waals surface area contributed by atoms with Gasteiger partial charge >= 0.3 is 0 Å². The van der Waals surface area contributed by atoms with Crippen molar-refractivity contribution in [1.82, 2.24) is 9.80 Å². The molecule has 0 spiro atoms. The highest BCUT2D eigenvalue weighted by Crippen LogP contribution is 2.46. The molecule has 1 aromatic rings. The molecule has 138 valence electrons. The van der Waals surface area contributed by atoms with Crippen LogP contribution in [0, 0.1) is 11.8 Å². The van der Waals surface area contributed by atoms with Crippen LogP contribution in [0.2, 0.25) is 0 Å². The van der Waals surface area contributed by atoms with E-state index in [1.54, 1.807) is 0 Å². The van der Waals surface area contributed by atoms with Gasteiger partial charge in [0, 0.05) is 25.6 Å². The Morgan fingerprint density at radius 3 is 2.12 bits per heavy atom. The van der Waals surface area contributed by atoms with E-state index in [9.17, 15) is 4.79 Å². The number of nitrogens with zero attached hydrogens (tertiary/aromatic N) is 2. The van der Waals surface area contributed by atoms with Crippen LogP contribution < -0.4 is 0 Å². The van der Waals surface area contributed by atoms with Crippen LogP contribution in [-0.2, 0) is 11.2 Å². The molecule has 0 aromatic heterocycles. The van der Waals surface area contributed by atoms with Crippen LogP contribution in [0.15, 0.2) is 30.3 Å². The molecule has 2 saturated carbocycles. The topological polar surface area (TPSA) is 23.6 Å². The van der Waals surface area contributed by atoms with Gasteiger partial charge in [-0.05, 0) is 76.4 Å². The molecule has 3 rings (SSSR count). The molecule has 0 heterocycles. The Morgan fingerprint density at radius 2 is 1.52 bits per heavy atom. The van der Waals surface area contributed by atoms with Crippen LogP contribution in [0.25, 0.3) is 0 Å². The number of unbranched alkanes of at least 4 members (excludes halogenated alkanes) is 1. The number of carbonyl (C=O) groups excluding carboxylic acids is 1. The van der Waals surface area contributed by atoms with Gasteiger partial charge in [-0.1, -0.05) is 30.3 Å². The molecule has 4 atom stereocenters. The Bertz CT molecular complexity index is 542. The fourth-order valence-corrected chi connectivity index (χ4v) is 4.92. The Morgan fingerprint density at radius 1 is 0.920 bits per heavy atom. The number of carbonyl (C=O) groups is 1. The van der Waals surface area contributed by atoms with E-state index in [1.165, 1.54) is 31.2 Å². The van der Waals surface area contributed by atoms with Crippen LogP contribution in [0.4, 0.5) is 0 Å². The second-order valence-electron chi connectivity index (χ2n) is 8.43. The summed E-state index contributed by atoms with van der Waals surface area (Å²) in [6.07, 6.45) is 8.99. The number of hydrogen-bond acceptors (Lipinski definition) is 2. The number of fused-ring (bicyclic) bond motifs is 1. The summed E-state index contributed by atoms with van der Waals surface area (Å²) in [6.45, 7) is 0. The van der Waals surface area contributed by atoms with E-state index in [-0.39, 0.29) is 0 Å². The van der Waals surface area contributed by atoms with E-state index in [0.29, 0.717) is 18.4 Å². The SMILES string of the molecule is CN(C)C1C[C@@H]2CC(N(C)C(=O)CCCCc3ccccc3)C[C@@H]2C1. The van der Waals surface area contributed by atoms with Gasteiger partial charge in [0.05, 0.1) is 0 Å². The van der Waals surface area contributed by atoms with Crippen molar-refractivity contribution >= 4 is 5.91 Å². The minimum Gasteiger partial charge on any atom is -0.343 e. The smallest absolute Gasteiger partial charge is 0.222 e. The van der Waals surface area contributed by atoms with Crippen molar-refractivity contribution in [3.05, 3.63) is 35.9 Å². The monoisotopic (exact) mass is 342 g/mol. The molecule has 2 aliphatic rings. The standard InChI is InChI=1S/C22H34N2O/c1-23(2)20-13-18-15-21(16-19(18)14-20)24(3)22(25)12-8-7-11-17-9-5-4-6-10-17/h4-6,9-10,18-21H,7-8,11-16H2,1-3H3/t18-,19+,20?,21?. The van der Waals surface area contributed by atoms with Gasteiger partial charge in [0.2, 0.25) is 5.91 Å². The normalized spacial score (nSPS) is 28.3. The summed E-state index contributed by atoms with van der Waals surface area (Å²) in [5, 5.41) is 0. The maximum absolute atomic E-state index is 12.6. The Labute approximate surface area is 153 Å². The third-order valence-corrected chi connectivity index (χ3v) is 6.59. The molecule has 0 aliphatic heterocycles. The van der Waals surface area contributed by atoms with Crippen molar-refractivity contribution in [2.75, 3.05) is 21.1 Å². The molecule has 2 fully saturated rings. The third-order valence-electron chi connectivity index (χ3n) is 6.59. The lowest BCUT2D eigenvalue weighted by Crippen LogP contribution is -2.36. The van der Waals surface area contributed by atoms with Crippen molar-refractivity contribution in [2.45, 2.75) is 63.5 Å². The summed E-state index contributed by atoms with van der Waals surface area (Å²) in [5.74, 6) is 2.03. The van der Waals surface area contributed by atoms with Gasteiger partial charge < -0.3 is 9.80 Å². The summed E-state index contributed by atoms with van der Waals surface area (Å²) in [5.41, 5.74) is 1.38. The first-order valence-corrected chi connectivity index (χ1v) is 10.0. The first-order valence-electron chi connectivity index (χ1n) is 10.0. The maximum atomic E-state index is 12.6. The lowest BCUT2D eigenvalue weighted by atomic mass is 10.0. The van der Waals surface area contributed by atoms with Crippen molar-refractivity contribution in [3.8, 4) is 0 Å². The summed E-state index contributed by atoms with van der Waals surface area (Å²) in [6, 6.07) is 11.8. The van der Waals surface area contributed by atoms with Gasteiger partial charge in [-0.2, -0.15) is 0 Å². The van der Waals surface area contributed by atoms with E-state index < -0.39 is 0 Å². The van der Waals surface area contributed by atoms with Crippen molar-refractivity contribution < 1.29 is 4.79 Å². The molecule has 3 heteroatoms. The summed E-state index contributed by atoms with van der Waals surface area (Å²) < 4.78 is 0. The largest absolute Gasteiger partial charge is 0.343 e. The van der Waals surface area contributed by atoms with Gasteiger partial charge in [0.15, 0.2) is 0 Å². The molecule has 0 saturated heterocycles. The van der Waals surface area contributed by atoms with Crippen LogP contribution in [0.3, 0.4) is 0 Å². The van der Waals surface area contributed by atoms with Crippen LogP contribution in [0.1, 0.15) is 50.5 Å². The van der Waals surface area contributed by atoms with E-state index in [4.69, 9.17) is 0 Å². The number of rotatable bonds is 7. The maximum Gasteiger partial charge on any atom is 0.222 e. The Kier molecular flexibility index (Phi) is 6.16. The number of amides is 1. The summed E-state index contributed by atoms with van der Waals surface area (Å²) in [7, 11) is 6.44. The molecular formula is C22H34N2O. The second-order valence-corrected chi connectivity index (χ2v) is 8.43. The molecule has 25 heavy (non-hydrogen) atoms. The molecule has 1 amide bonds. The minimum absolute atomic E-state index is 0.349. The highest BCUT2D eigenvalue weighted by atomic mass is 16.2. The molecule has 3 nitrogen and oxygen atoms in total. The molecule has 0 N–H and O–H groups in total. The zero-order chi connectivity index (χ0) is 17.8. The number of aryl methyl sites for hydroxylation is 1. The zero-order valence-electron chi connectivity index (χ0n) is 16.2. The van der Waals surface area contributed by atoms with E-state index in [2.05, 4.69) is 54.2 Å². The number of benzene rings is 1. The summed E-state index contributed by atoms with van der Waals surface area (Å²) >= 11 is 0. The average molecular weight is 343 g/mol. The zero-order valence-corrected chi connectivity index (χ0v) is 16.2. The Balaban J connectivity index is 1.37. The van der Waals surface area contributed by atoms with Gasteiger partial charge in [0.1, 0.15) is 0 Å². The lowest BCUT2D eigenvalue weighted by molar-refractivity contribution is -0.132. The Hall–Kier alpha value is -1.35. The molecule has 0 bridgehead atoms. The van der Waals surface area contributed by atoms with E-state index >= 15 is 0 Å². The highest BCUT2D eigenvalue weighted by molar-refractivity contribution is 5.76.